The van der Waals surface area contributed by atoms with E-state index in [-0.39, 0.29) is 5.54 Å². The highest BCUT2D eigenvalue weighted by molar-refractivity contribution is 5.94. The van der Waals surface area contributed by atoms with Gasteiger partial charge in [-0.25, -0.2) is 4.79 Å². The number of fused-ring (bicyclic) bond motifs is 1. The number of hydrogen-bond donors (Lipinski definition) is 1. The quantitative estimate of drug-likeness (QED) is 0.793. The Bertz CT molecular complexity index is 609. The Morgan fingerprint density at radius 3 is 2.67 bits per heavy atom. The number of anilines is 2. The number of nitriles is 1. The van der Waals surface area contributed by atoms with Gasteiger partial charge in [-0.2, -0.15) is 5.26 Å². The lowest BCUT2D eigenvalue weighted by Gasteiger charge is -2.41. The first-order valence-corrected chi connectivity index (χ1v) is 6.94. The van der Waals surface area contributed by atoms with Crippen LogP contribution < -0.4 is 10.2 Å². The molecule has 0 spiro atoms. The van der Waals surface area contributed by atoms with Gasteiger partial charge in [-0.15, -0.1) is 0 Å². The highest BCUT2D eigenvalue weighted by atomic mass is 16.6. The summed E-state index contributed by atoms with van der Waals surface area (Å²) in [6.45, 7) is 10.0. The maximum absolute atomic E-state index is 12.5. The van der Waals surface area contributed by atoms with Crippen LogP contribution in [0.15, 0.2) is 18.2 Å². The number of rotatable bonds is 0. The predicted octanol–water partition coefficient (Wildman–Crippen LogP) is 3.50. The SMILES string of the molecule is CC1(C)CN(C(=O)OC(C)(C)C)c2cc(C#N)ccc2N1. The Morgan fingerprint density at radius 1 is 1.43 bits per heavy atom. The van der Waals surface area contributed by atoms with E-state index in [0.29, 0.717) is 17.8 Å². The van der Waals surface area contributed by atoms with Crippen LogP contribution in [0, 0.1) is 11.3 Å². The van der Waals surface area contributed by atoms with E-state index in [0.717, 1.165) is 5.69 Å². The van der Waals surface area contributed by atoms with E-state index in [1.54, 1.807) is 17.0 Å². The largest absolute Gasteiger partial charge is 0.443 e. The molecule has 0 atom stereocenters. The van der Waals surface area contributed by atoms with Crippen LogP contribution in [0.1, 0.15) is 40.2 Å². The number of carbonyl (C=O) groups excluding carboxylic acids is 1. The Balaban J connectivity index is 2.42. The molecule has 0 unspecified atom stereocenters. The third-order valence-corrected chi connectivity index (χ3v) is 3.06. The lowest BCUT2D eigenvalue weighted by molar-refractivity contribution is 0.0573. The first kappa shape index (κ1) is 15.2. The van der Waals surface area contributed by atoms with Gasteiger partial charge in [0.15, 0.2) is 0 Å². The molecule has 0 fully saturated rings. The maximum Gasteiger partial charge on any atom is 0.414 e. The number of nitrogens with one attached hydrogen (secondary N) is 1. The van der Waals surface area contributed by atoms with Crippen molar-refractivity contribution in [1.82, 2.24) is 0 Å². The average molecular weight is 287 g/mol. The molecule has 0 aromatic heterocycles. The minimum atomic E-state index is -0.556. The second-order valence-electron chi connectivity index (χ2n) is 6.92. The number of amides is 1. The summed E-state index contributed by atoms with van der Waals surface area (Å²) in [5, 5.41) is 12.4. The molecule has 5 heteroatoms. The summed E-state index contributed by atoms with van der Waals surface area (Å²) in [6, 6.07) is 7.37. The first-order valence-electron chi connectivity index (χ1n) is 6.94. The number of hydrogen-bond acceptors (Lipinski definition) is 4. The van der Waals surface area contributed by atoms with Gasteiger partial charge < -0.3 is 10.1 Å². The molecule has 2 rings (SSSR count). The van der Waals surface area contributed by atoms with E-state index in [2.05, 4.69) is 11.4 Å². The van der Waals surface area contributed by atoms with Crippen molar-refractivity contribution in [1.29, 1.82) is 5.26 Å². The van der Waals surface area contributed by atoms with Crippen molar-refractivity contribution < 1.29 is 9.53 Å². The monoisotopic (exact) mass is 287 g/mol. The standard InChI is InChI=1S/C16H21N3O2/c1-15(2,3)21-14(20)19-10-16(4,5)18-12-7-6-11(9-17)8-13(12)19/h6-8,18H,10H2,1-5H3. The van der Waals surface area contributed by atoms with Gasteiger partial charge in [0.1, 0.15) is 5.60 Å². The molecule has 112 valence electrons. The molecule has 1 heterocycles. The van der Waals surface area contributed by atoms with Crippen LogP contribution in [0.25, 0.3) is 0 Å². The predicted molar refractivity (Wildman–Crippen MR) is 82.4 cm³/mol. The van der Waals surface area contributed by atoms with Gasteiger partial charge in [0, 0.05) is 5.54 Å². The molecule has 1 aliphatic rings. The minimum Gasteiger partial charge on any atom is -0.443 e. The summed E-state index contributed by atoms with van der Waals surface area (Å²) in [6.07, 6.45) is -0.395. The van der Waals surface area contributed by atoms with Crippen LogP contribution in [-0.4, -0.2) is 23.8 Å². The van der Waals surface area contributed by atoms with E-state index < -0.39 is 11.7 Å². The molecule has 5 nitrogen and oxygen atoms in total. The lowest BCUT2D eigenvalue weighted by Crippen LogP contribution is -2.51. The first-order chi connectivity index (χ1) is 9.61. The lowest BCUT2D eigenvalue weighted by atomic mass is 9.99. The number of nitrogens with zero attached hydrogens (tertiary/aromatic N) is 2. The molecule has 1 aliphatic heterocycles. The second kappa shape index (κ2) is 4.96. The number of ether oxygens (including phenoxy) is 1. The maximum atomic E-state index is 12.5. The van der Waals surface area contributed by atoms with Gasteiger partial charge in [0.05, 0.1) is 29.6 Å². The topological polar surface area (TPSA) is 65.4 Å². The molecular formula is C16H21N3O2. The highest BCUT2D eigenvalue weighted by Gasteiger charge is 2.35. The van der Waals surface area contributed by atoms with Gasteiger partial charge in [-0.1, -0.05) is 0 Å². The molecule has 21 heavy (non-hydrogen) atoms. The van der Waals surface area contributed by atoms with E-state index >= 15 is 0 Å². The van der Waals surface area contributed by atoms with E-state index in [9.17, 15) is 4.79 Å². The summed E-state index contributed by atoms with van der Waals surface area (Å²) in [7, 11) is 0. The van der Waals surface area contributed by atoms with E-state index in [1.165, 1.54) is 0 Å². The number of benzene rings is 1. The smallest absolute Gasteiger partial charge is 0.414 e. The fourth-order valence-corrected chi connectivity index (χ4v) is 2.29. The zero-order valence-corrected chi connectivity index (χ0v) is 13.2. The van der Waals surface area contributed by atoms with Crippen LogP contribution in [0.3, 0.4) is 0 Å². The second-order valence-corrected chi connectivity index (χ2v) is 6.92. The van der Waals surface area contributed by atoms with E-state index in [1.807, 2.05) is 40.7 Å². The summed E-state index contributed by atoms with van der Waals surface area (Å²) in [5.74, 6) is 0. The molecule has 0 bridgehead atoms. The van der Waals surface area contributed by atoms with Gasteiger partial charge in [-0.05, 0) is 52.8 Å². The Labute approximate surface area is 125 Å². The van der Waals surface area contributed by atoms with Gasteiger partial charge in [-0.3, -0.25) is 4.90 Å². The number of carbonyl (C=O) groups is 1. The minimum absolute atomic E-state index is 0.266. The van der Waals surface area contributed by atoms with E-state index in [4.69, 9.17) is 10.00 Å². The van der Waals surface area contributed by atoms with Crippen molar-refractivity contribution in [3.8, 4) is 6.07 Å². The summed E-state index contributed by atoms with van der Waals surface area (Å²) in [4.78, 5) is 14.1. The third-order valence-electron chi connectivity index (χ3n) is 3.06. The molecule has 1 aromatic rings. The Morgan fingerprint density at radius 2 is 2.10 bits per heavy atom. The summed E-state index contributed by atoms with van der Waals surface area (Å²) >= 11 is 0. The molecule has 0 radical (unpaired) electrons. The average Bonchev–Trinajstić information content (AvgIpc) is 2.34. The Hall–Kier alpha value is -2.22. The van der Waals surface area contributed by atoms with Crippen molar-refractivity contribution in [2.24, 2.45) is 0 Å². The molecule has 0 saturated carbocycles. The molecule has 1 aromatic carbocycles. The van der Waals surface area contributed by atoms with Gasteiger partial charge >= 0.3 is 6.09 Å². The molecule has 0 aliphatic carbocycles. The zero-order chi connectivity index (χ0) is 15.8. The van der Waals surface area contributed by atoms with Crippen LogP contribution >= 0.6 is 0 Å². The van der Waals surface area contributed by atoms with Crippen molar-refractivity contribution in [2.75, 3.05) is 16.8 Å². The summed E-state index contributed by atoms with van der Waals surface area (Å²) < 4.78 is 5.48. The molecule has 0 saturated heterocycles. The fourth-order valence-electron chi connectivity index (χ4n) is 2.29. The van der Waals surface area contributed by atoms with Crippen LogP contribution in [0.5, 0.6) is 0 Å². The molecular weight excluding hydrogens is 266 g/mol. The van der Waals surface area contributed by atoms with Crippen molar-refractivity contribution in [3.05, 3.63) is 23.8 Å². The van der Waals surface area contributed by atoms with Crippen LogP contribution in [0.2, 0.25) is 0 Å². The van der Waals surface area contributed by atoms with Crippen molar-refractivity contribution >= 4 is 17.5 Å². The van der Waals surface area contributed by atoms with Crippen LogP contribution in [0.4, 0.5) is 16.2 Å². The third kappa shape index (κ3) is 3.46. The molecule has 1 N–H and O–H groups in total. The van der Waals surface area contributed by atoms with Gasteiger partial charge in [0.2, 0.25) is 0 Å². The van der Waals surface area contributed by atoms with Gasteiger partial charge in [0.25, 0.3) is 0 Å². The normalized spacial score (nSPS) is 16.5. The van der Waals surface area contributed by atoms with Crippen molar-refractivity contribution in [2.45, 2.75) is 45.8 Å². The highest BCUT2D eigenvalue weighted by Crippen LogP contribution is 2.36. The van der Waals surface area contributed by atoms with Crippen LogP contribution in [-0.2, 0) is 4.74 Å². The zero-order valence-electron chi connectivity index (χ0n) is 13.2. The fraction of sp³-hybridized carbons (Fsp3) is 0.500. The van der Waals surface area contributed by atoms with Crippen molar-refractivity contribution in [3.63, 3.8) is 0 Å². The Kier molecular flexibility index (Phi) is 3.58. The molecule has 1 amide bonds. The summed E-state index contributed by atoms with van der Waals surface area (Å²) in [5.41, 5.74) is 1.21.